The van der Waals surface area contributed by atoms with E-state index in [1.165, 1.54) is 6.07 Å². The van der Waals surface area contributed by atoms with Crippen molar-refractivity contribution >= 4 is 11.6 Å². The molecule has 1 saturated carbocycles. The van der Waals surface area contributed by atoms with Crippen molar-refractivity contribution < 1.29 is 17.6 Å². The van der Waals surface area contributed by atoms with E-state index >= 15 is 0 Å². The highest BCUT2D eigenvalue weighted by molar-refractivity contribution is 6.31. The predicted octanol–water partition coefficient (Wildman–Crippen LogP) is 4.91. The quantitative estimate of drug-likeness (QED) is 0.500. The van der Waals surface area contributed by atoms with Crippen LogP contribution in [-0.4, -0.2) is 5.92 Å². The summed E-state index contributed by atoms with van der Waals surface area (Å²) in [6, 6.07) is 2.37. The predicted molar refractivity (Wildman–Crippen MR) is 57.5 cm³/mol. The minimum atomic E-state index is -2.64. The molecule has 0 amide bonds. The third-order valence-electron chi connectivity index (χ3n) is 3.22. The third-order valence-corrected chi connectivity index (χ3v) is 3.61. The van der Waals surface area contributed by atoms with E-state index in [2.05, 4.69) is 0 Å². The lowest BCUT2D eigenvalue weighted by molar-refractivity contribution is -0.0382. The van der Waals surface area contributed by atoms with Gasteiger partial charge in [0.15, 0.2) is 11.6 Å². The highest BCUT2D eigenvalue weighted by Gasteiger charge is 2.36. The lowest BCUT2D eigenvalue weighted by Gasteiger charge is -2.29. The first-order valence-electron chi connectivity index (χ1n) is 5.42. The van der Waals surface area contributed by atoms with Crippen LogP contribution >= 0.6 is 11.6 Å². The number of halogens is 5. The first-order chi connectivity index (χ1) is 7.91. The Hall–Kier alpha value is -0.770. The van der Waals surface area contributed by atoms with Gasteiger partial charge in [0.25, 0.3) is 0 Å². The summed E-state index contributed by atoms with van der Waals surface area (Å²) in [5.74, 6) is -4.96. The summed E-state index contributed by atoms with van der Waals surface area (Å²) in [7, 11) is 0. The van der Waals surface area contributed by atoms with E-state index in [4.69, 9.17) is 11.6 Å². The molecule has 0 spiro atoms. The second-order valence-electron chi connectivity index (χ2n) is 4.39. The summed E-state index contributed by atoms with van der Waals surface area (Å²) >= 11 is 5.70. The Bertz CT molecular complexity index is 421. The maximum atomic E-state index is 13.2. The number of hydrogen-bond donors (Lipinski definition) is 0. The molecule has 0 heterocycles. The molecule has 0 aliphatic heterocycles. The number of rotatable bonds is 1. The first-order valence-corrected chi connectivity index (χ1v) is 5.80. The van der Waals surface area contributed by atoms with Gasteiger partial charge in [-0.3, -0.25) is 0 Å². The molecule has 0 atom stereocenters. The van der Waals surface area contributed by atoms with E-state index in [9.17, 15) is 17.6 Å². The molecule has 0 bridgehead atoms. The van der Waals surface area contributed by atoms with Crippen molar-refractivity contribution in [3.63, 3.8) is 0 Å². The zero-order valence-corrected chi connectivity index (χ0v) is 9.71. The Morgan fingerprint density at radius 1 is 1.12 bits per heavy atom. The lowest BCUT2D eigenvalue weighted by Crippen LogP contribution is -2.23. The minimum Gasteiger partial charge on any atom is -0.207 e. The molecular weight excluding hydrogens is 256 g/mol. The van der Waals surface area contributed by atoms with Gasteiger partial charge in [-0.1, -0.05) is 17.7 Å². The highest BCUT2D eigenvalue weighted by Crippen LogP contribution is 2.43. The van der Waals surface area contributed by atoms with Crippen molar-refractivity contribution in [2.45, 2.75) is 37.5 Å². The smallest absolute Gasteiger partial charge is 0.207 e. The van der Waals surface area contributed by atoms with Gasteiger partial charge < -0.3 is 0 Å². The molecule has 1 aliphatic carbocycles. The van der Waals surface area contributed by atoms with Crippen LogP contribution in [0.3, 0.4) is 0 Å². The van der Waals surface area contributed by atoms with Gasteiger partial charge in [0.05, 0.1) is 5.02 Å². The number of benzene rings is 1. The highest BCUT2D eigenvalue weighted by atomic mass is 35.5. The minimum absolute atomic E-state index is 0.211. The van der Waals surface area contributed by atoms with Crippen LogP contribution in [0.1, 0.15) is 37.2 Å². The van der Waals surface area contributed by atoms with Gasteiger partial charge in [-0.05, 0) is 30.4 Å². The largest absolute Gasteiger partial charge is 0.248 e. The van der Waals surface area contributed by atoms with Crippen LogP contribution in [0.15, 0.2) is 12.1 Å². The fourth-order valence-electron chi connectivity index (χ4n) is 2.21. The molecule has 1 aromatic rings. The second kappa shape index (κ2) is 4.48. The molecule has 0 radical (unpaired) electrons. The third kappa shape index (κ3) is 2.57. The maximum absolute atomic E-state index is 13.2. The summed E-state index contributed by atoms with van der Waals surface area (Å²) in [5.41, 5.74) is 0.432. The van der Waals surface area contributed by atoms with Crippen molar-refractivity contribution in [2.24, 2.45) is 0 Å². The number of alkyl halides is 2. The molecule has 0 saturated heterocycles. The Balaban J connectivity index is 2.22. The maximum Gasteiger partial charge on any atom is 0.248 e. The Morgan fingerprint density at radius 2 is 1.71 bits per heavy atom. The summed E-state index contributed by atoms with van der Waals surface area (Å²) in [4.78, 5) is 0. The van der Waals surface area contributed by atoms with Crippen molar-refractivity contribution in [1.29, 1.82) is 0 Å². The summed E-state index contributed by atoms with van der Waals surface area (Å²) < 4.78 is 52.1. The normalized spacial score (nSPS) is 20.5. The second-order valence-corrected chi connectivity index (χ2v) is 4.77. The Labute approximate surface area is 102 Å². The first kappa shape index (κ1) is 12.7. The fourth-order valence-corrected chi connectivity index (χ4v) is 2.51. The zero-order chi connectivity index (χ0) is 12.6. The molecular formula is C12H11ClF4. The zero-order valence-electron chi connectivity index (χ0n) is 8.95. The molecule has 2 rings (SSSR count). The standard InChI is InChI=1S/C12H11ClF4/c13-10-8(1-2-9(14)11(10)15)7-3-5-12(16,17)6-4-7/h1-2,7H,3-6H2. The van der Waals surface area contributed by atoms with Crippen LogP contribution in [-0.2, 0) is 0 Å². The Kier molecular flexibility index (Phi) is 3.34. The molecule has 5 heteroatoms. The van der Waals surface area contributed by atoms with Crippen LogP contribution in [0.5, 0.6) is 0 Å². The lowest BCUT2D eigenvalue weighted by atomic mass is 9.82. The summed E-state index contributed by atoms with van der Waals surface area (Å²) in [5, 5.41) is -0.278. The van der Waals surface area contributed by atoms with Crippen LogP contribution in [0.2, 0.25) is 5.02 Å². The van der Waals surface area contributed by atoms with Crippen molar-refractivity contribution in [1.82, 2.24) is 0 Å². The van der Waals surface area contributed by atoms with Crippen LogP contribution in [0, 0.1) is 11.6 Å². The average Bonchev–Trinajstić information content (AvgIpc) is 2.27. The van der Waals surface area contributed by atoms with Crippen molar-refractivity contribution in [3.05, 3.63) is 34.4 Å². The number of hydrogen-bond acceptors (Lipinski definition) is 0. The van der Waals surface area contributed by atoms with Gasteiger partial charge in [0.2, 0.25) is 5.92 Å². The summed E-state index contributed by atoms with van der Waals surface area (Å²) in [6.45, 7) is 0. The van der Waals surface area contributed by atoms with Crippen LogP contribution < -0.4 is 0 Å². The molecule has 0 N–H and O–H groups in total. The fraction of sp³-hybridized carbons (Fsp3) is 0.500. The summed E-state index contributed by atoms with van der Waals surface area (Å²) in [6.07, 6.45) is 0.0373. The molecule has 1 aliphatic rings. The Morgan fingerprint density at radius 3 is 2.29 bits per heavy atom. The molecule has 0 unspecified atom stereocenters. The van der Waals surface area contributed by atoms with E-state index in [-0.39, 0.29) is 36.6 Å². The molecule has 0 aromatic heterocycles. The van der Waals surface area contributed by atoms with E-state index in [0.29, 0.717) is 5.56 Å². The van der Waals surface area contributed by atoms with Gasteiger partial charge in [0.1, 0.15) is 0 Å². The molecule has 1 fully saturated rings. The van der Waals surface area contributed by atoms with Crippen molar-refractivity contribution in [2.75, 3.05) is 0 Å². The van der Waals surface area contributed by atoms with E-state index in [1.54, 1.807) is 0 Å². The average molecular weight is 267 g/mol. The van der Waals surface area contributed by atoms with Gasteiger partial charge in [-0.25, -0.2) is 17.6 Å². The SMILES string of the molecule is Fc1ccc(C2CCC(F)(F)CC2)c(Cl)c1F. The molecule has 17 heavy (non-hydrogen) atoms. The van der Waals surface area contributed by atoms with Crippen LogP contribution in [0.4, 0.5) is 17.6 Å². The topological polar surface area (TPSA) is 0 Å². The van der Waals surface area contributed by atoms with E-state index < -0.39 is 17.6 Å². The van der Waals surface area contributed by atoms with Gasteiger partial charge in [-0.15, -0.1) is 0 Å². The van der Waals surface area contributed by atoms with Crippen LogP contribution in [0.25, 0.3) is 0 Å². The van der Waals surface area contributed by atoms with Crippen molar-refractivity contribution in [3.8, 4) is 0 Å². The van der Waals surface area contributed by atoms with Gasteiger partial charge >= 0.3 is 0 Å². The van der Waals surface area contributed by atoms with E-state index in [0.717, 1.165) is 6.07 Å². The van der Waals surface area contributed by atoms with Gasteiger partial charge in [-0.2, -0.15) is 0 Å². The van der Waals surface area contributed by atoms with Gasteiger partial charge in [0, 0.05) is 12.8 Å². The monoisotopic (exact) mass is 266 g/mol. The molecule has 94 valence electrons. The molecule has 0 nitrogen and oxygen atoms in total. The van der Waals surface area contributed by atoms with E-state index in [1.807, 2.05) is 0 Å². The molecule has 1 aromatic carbocycles.